The van der Waals surface area contributed by atoms with Crippen molar-refractivity contribution in [2.24, 2.45) is 0 Å². The molecule has 0 spiro atoms. The number of ketones is 1. The minimum absolute atomic E-state index is 0.0313. The van der Waals surface area contributed by atoms with Crippen LogP contribution < -0.4 is 5.32 Å². The highest BCUT2D eigenvalue weighted by Crippen LogP contribution is 2.23. The molecule has 1 fully saturated rings. The molecule has 3 rings (SSSR count). The van der Waals surface area contributed by atoms with Gasteiger partial charge in [-0.1, -0.05) is 18.2 Å². The van der Waals surface area contributed by atoms with Crippen LogP contribution in [-0.4, -0.2) is 43.1 Å². The average molecular weight is 403 g/mol. The van der Waals surface area contributed by atoms with Gasteiger partial charge in [0.15, 0.2) is 5.78 Å². The number of nitro benzene ring substituents is 1. The fraction of sp³-hybridized carbons (Fsp3) is 0.316. The summed E-state index contributed by atoms with van der Waals surface area (Å²) in [5.41, 5.74) is 1.22. The lowest BCUT2D eigenvalue weighted by molar-refractivity contribution is -0.385. The van der Waals surface area contributed by atoms with Crippen LogP contribution in [0.5, 0.6) is 0 Å². The van der Waals surface area contributed by atoms with Crippen molar-refractivity contribution in [3.63, 3.8) is 0 Å². The Morgan fingerprint density at radius 1 is 1.18 bits per heavy atom. The Morgan fingerprint density at radius 3 is 2.57 bits per heavy atom. The van der Waals surface area contributed by atoms with Crippen molar-refractivity contribution < 1.29 is 18.1 Å². The van der Waals surface area contributed by atoms with Crippen LogP contribution in [0.25, 0.3) is 0 Å². The standard InChI is InChI=1S/C19H21N3O5S/c1-14-7-8-16(12-18(14)22(24)25)20-13-19(23)15-5-4-6-17(11-15)28(26,27)21-9-2-3-10-21/h4-8,11-12,20H,2-3,9-10,13H2,1H3. The minimum atomic E-state index is -3.60. The SMILES string of the molecule is Cc1ccc(NCC(=O)c2cccc(S(=O)(=O)N3CCCC3)c2)cc1[N+](=O)[O-]. The summed E-state index contributed by atoms with van der Waals surface area (Å²) >= 11 is 0. The average Bonchev–Trinajstić information content (AvgIpc) is 3.22. The number of sulfonamides is 1. The number of nitrogens with zero attached hydrogens (tertiary/aromatic N) is 2. The Balaban J connectivity index is 1.73. The molecule has 0 atom stereocenters. The van der Waals surface area contributed by atoms with E-state index < -0.39 is 14.9 Å². The molecule has 1 aliphatic heterocycles. The Kier molecular flexibility index (Phi) is 5.76. The zero-order chi connectivity index (χ0) is 20.3. The van der Waals surface area contributed by atoms with E-state index in [-0.39, 0.29) is 28.5 Å². The molecule has 0 aromatic heterocycles. The molecule has 0 saturated carbocycles. The van der Waals surface area contributed by atoms with Crippen molar-refractivity contribution in [1.29, 1.82) is 0 Å². The molecule has 9 heteroatoms. The first-order valence-electron chi connectivity index (χ1n) is 8.91. The van der Waals surface area contributed by atoms with Crippen LogP contribution in [-0.2, 0) is 10.0 Å². The zero-order valence-corrected chi connectivity index (χ0v) is 16.2. The highest BCUT2D eigenvalue weighted by molar-refractivity contribution is 7.89. The third kappa shape index (κ3) is 4.20. The van der Waals surface area contributed by atoms with Gasteiger partial charge in [0.25, 0.3) is 5.69 Å². The monoisotopic (exact) mass is 403 g/mol. The van der Waals surface area contributed by atoms with Crippen LogP contribution in [0.3, 0.4) is 0 Å². The second kappa shape index (κ2) is 8.07. The van der Waals surface area contributed by atoms with E-state index in [1.54, 1.807) is 31.2 Å². The molecule has 148 valence electrons. The fourth-order valence-corrected chi connectivity index (χ4v) is 4.67. The van der Waals surface area contributed by atoms with Crippen molar-refractivity contribution in [2.75, 3.05) is 25.0 Å². The molecule has 2 aromatic rings. The molecule has 1 heterocycles. The molecular weight excluding hydrogens is 382 g/mol. The Hall–Kier alpha value is -2.78. The number of benzene rings is 2. The molecule has 0 amide bonds. The van der Waals surface area contributed by atoms with Gasteiger partial charge in [0, 0.05) is 36.0 Å². The number of anilines is 1. The largest absolute Gasteiger partial charge is 0.377 e. The van der Waals surface area contributed by atoms with Crippen LogP contribution >= 0.6 is 0 Å². The number of Topliss-reactive ketones (excluding diaryl/α,β-unsaturated/α-hetero) is 1. The van der Waals surface area contributed by atoms with Crippen molar-refractivity contribution in [3.05, 3.63) is 63.7 Å². The van der Waals surface area contributed by atoms with Gasteiger partial charge in [-0.2, -0.15) is 4.31 Å². The molecule has 28 heavy (non-hydrogen) atoms. The second-order valence-corrected chi connectivity index (χ2v) is 8.61. The molecule has 0 radical (unpaired) electrons. The van der Waals surface area contributed by atoms with E-state index in [9.17, 15) is 23.3 Å². The molecule has 0 bridgehead atoms. The summed E-state index contributed by atoms with van der Waals surface area (Å²) < 4.78 is 26.7. The fourth-order valence-electron chi connectivity index (χ4n) is 3.11. The summed E-state index contributed by atoms with van der Waals surface area (Å²) in [6, 6.07) is 10.6. The van der Waals surface area contributed by atoms with Gasteiger partial charge in [-0.3, -0.25) is 14.9 Å². The minimum Gasteiger partial charge on any atom is -0.377 e. The maximum Gasteiger partial charge on any atom is 0.274 e. The zero-order valence-electron chi connectivity index (χ0n) is 15.4. The van der Waals surface area contributed by atoms with Gasteiger partial charge in [0.2, 0.25) is 10.0 Å². The van der Waals surface area contributed by atoms with E-state index in [1.807, 2.05) is 0 Å². The van der Waals surface area contributed by atoms with Gasteiger partial charge >= 0.3 is 0 Å². The van der Waals surface area contributed by atoms with Gasteiger partial charge in [-0.05, 0) is 38.0 Å². The molecule has 2 aromatic carbocycles. The van der Waals surface area contributed by atoms with Gasteiger partial charge in [-0.25, -0.2) is 8.42 Å². The third-order valence-corrected chi connectivity index (χ3v) is 6.61. The first-order valence-corrected chi connectivity index (χ1v) is 10.4. The number of hydrogen-bond acceptors (Lipinski definition) is 6. The Morgan fingerprint density at radius 2 is 1.89 bits per heavy atom. The number of nitrogens with one attached hydrogen (secondary N) is 1. The highest BCUT2D eigenvalue weighted by Gasteiger charge is 2.27. The van der Waals surface area contributed by atoms with Crippen LogP contribution in [0.15, 0.2) is 47.4 Å². The quantitative estimate of drug-likeness (QED) is 0.432. The van der Waals surface area contributed by atoms with E-state index in [1.165, 1.54) is 22.5 Å². The van der Waals surface area contributed by atoms with Crippen molar-refractivity contribution in [2.45, 2.75) is 24.7 Å². The number of rotatable bonds is 7. The van der Waals surface area contributed by atoms with Crippen LogP contribution in [0, 0.1) is 17.0 Å². The number of hydrogen-bond donors (Lipinski definition) is 1. The molecule has 1 aliphatic rings. The summed E-state index contributed by atoms with van der Waals surface area (Å²) in [5, 5.41) is 13.9. The van der Waals surface area contributed by atoms with E-state index in [0.717, 1.165) is 12.8 Å². The normalized spacial score (nSPS) is 14.8. The summed E-state index contributed by atoms with van der Waals surface area (Å²) in [6.07, 6.45) is 1.68. The molecule has 0 unspecified atom stereocenters. The lowest BCUT2D eigenvalue weighted by Gasteiger charge is -2.16. The molecular formula is C19H21N3O5S. The van der Waals surface area contributed by atoms with E-state index in [4.69, 9.17) is 0 Å². The smallest absolute Gasteiger partial charge is 0.274 e. The van der Waals surface area contributed by atoms with Crippen LogP contribution in [0.4, 0.5) is 11.4 Å². The summed E-state index contributed by atoms with van der Waals surface area (Å²) in [5.74, 6) is -0.304. The predicted molar refractivity (Wildman–Crippen MR) is 105 cm³/mol. The van der Waals surface area contributed by atoms with E-state index >= 15 is 0 Å². The summed E-state index contributed by atoms with van der Waals surface area (Å²) in [4.78, 5) is 23.1. The topological polar surface area (TPSA) is 110 Å². The number of aryl methyl sites for hydroxylation is 1. The van der Waals surface area contributed by atoms with Crippen LogP contribution in [0.1, 0.15) is 28.8 Å². The highest BCUT2D eigenvalue weighted by atomic mass is 32.2. The van der Waals surface area contributed by atoms with Crippen molar-refractivity contribution >= 4 is 27.2 Å². The van der Waals surface area contributed by atoms with Gasteiger partial charge < -0.3 is 5.32 Å². The first-order chi connectivity index (χ1) is 13.3. The van der Waals surface area contributed by atoms with Gasteiger partial charge in [0.1, 0.15) is 0 Å². The predicted octanol–water partition coefficient (Wildman–Crippen LogP) is 2.98. The number of carbonyl (C=O) groups excluding carboxylic acids is 1. The Bertz CT molecular complexity index is 1010. The van der Waals surface area contributed by atoms with Crippen molar-refractivity contribution in [1.82, 2.24) is 4.31 Å². The maximum absolute atomic E-state index is 12.7. The molecule has 1 saturated heterocycles. The first kappa shape index (κ1) is 20.0. The van der Waals surface area contributed by atoms with Gasteiger partial charge in [-0.15, -0.1) is 0 Å². The molecule has 1 N–H and O–H groups in total. The lowest BCUT2D eigenvalue weighted by atomic mass is 10.1. The maximum atomic E-state index is 12.7. The van der Waals surface area contributed by atoms with E-state index in [0.29, 0.717) is 24.3 Å². The number of nitro groups is 1. The number of carbonyl (C=O) groups is 1. The van der Waals surface area contributed by atoms with Gasteiger partial charge in [0.05, 0.1) is 16.4 Å². The van der Waals surface area contributed by atoms with Crippen LogP contribution in [0.2, 0.25) is 0 Å². The lowest BCUT2D eigenvalue weighted by Crippen LogP contribution is -2.28. The summed E-state index contributed by atoms with van der Waals surface area (Å²) in [6.45, 7) is 2.52. The van der Waals surface area contributed by atoms with E-state index in [2.05, 4.69) is 5.32 Å². The third-order valence-electron chi connectivity index (χ3n) is 4.72. The molecule has 8 nitrogen and oxygen atoms in total. The Labute approximate surface area is 163 Å². The second-order valence-electron chi connectivity index (χ2n) is 6.67. The summed E-state index contributed by atoms with van der Waals surface area (Å²) in [7, 11) is -3.60. The molecule has 0 aliphatic carbocycles. The van der Waals surface area contributed by atoms with Crippen molar-refractivity contribution in [3.8, 4) is 0 Å².